The average Bonchev–Trinajstić information content (AvgIpc) is 2.32. The highest BCUT2D eigenvalue weighted by Gasteiger charge is 2.38. The van der Waals surface area contributed by atoms with Gasteiger partial charge >= 0.3 is 0 Å². The maximum Gasteiger partial charge on any atom is 0.0632 e. The topological polar surface area (TPSA) is 29.5 Å². The Kier molecular flexibility index (Phi) is 1.90. The summed E-state index contributed by atoms with van der Waals surface area (Å²) in [4.78, 5) is 0. The number of hydrogen-bond donors (Lipinski definition) is 1. The van der Waals surface area contributed by atoms with Crippen LogP contribution in [-0.2, 0) is 4.74 Å². The van der Waals surface area contributed by atoms with E-state index < -0.39 is 0 Å². The minimum atomic E-state index is -0.181. The van der Waals surface area contributed by atoms with Crippen molar-refractivity contribution >= 4 is 0 Å². The molecule has 0 saturated carbocycles. The van der Waals surface area contributed by atoms with Gasteiger partial charge in [-0.2, -0.15) is 0 Å². The first-order chi connectivity index (χ1) is 5.27. The van der Waals surface area contributed by atoms with Gasteiger partial charge in [0, 0.05) is 5.92 Å². The Morgan fingerprint density at radius 1 is 1.27 bits per heavy atom. The lowest BCUT2D eigenvalue weighted by molar-refractivity contribution is -0.0683. The first-order valence-electron chi connectivity index (χ1n) is 4.61. The van der Waals surface area contributed by atoms with Crippen LogP contribution in [-0.4, -0.2) is 23.4 Å². The summed E-state index contributed by atoms with van der Waals surface area (Å²) in [7, 11) is 0. The van der Waals surface area contributed by atoms with Crippen LogP contribution in [0.4, 0.5) is 0 Å². The molecule has 1 N–H and O–H groups in total. The van der Waals surface area contributed by atoms with Crippen LogP contribution in [0.5, 0.6) is 0 Å². The average molecular weight is 156 g/mol. The Labute approximate surface area is 67.6 Å². The second-order valence-corrected chi connectivity index (χ2v) is 3.86. The van der Waals surface area contributed by atoms with Crippen LogP contribution in [0, 0.1) is 5.92 Å². The van der Waals surface area contributed by atoms with Gasteiger partial charge < -0.3 is 9.84 Å². The highest BCUT2D eigenvalue weighted by atomic mass is 16.5. The van der Waals surface area contributed by atoms with E-state index >= 15 is 0 Å². The van der Waals surface area contributed by atoms with Crippen molar-refractivity contribution in [3.63, 3.8) is 0 Å². The molecule has 2 fully saturated rings. The monoisotopic (exact) mass is 156 g/mol. The summed E-state index contributed by atoms with van der Waals surface area (Å²) < 4.78 is 5.71. The van der Waals surface area contributed by atoms with Crippen molar-refractivity contribution in [2.24, 2.45) is 5.92 Å². The van der Waals surface area contributed by atoms with Crippen LogP contribution >= 0.6 is 0 Å². The molecule has 2 rings (SSSR count). The van der Waals surface area contributed by atoms with Crippen molar-refractivity contribution in [1.29, 1.82) is 0 Å². The van der Waals surface area contributed by atoms with E-state index in [2.05, 4.69) is 0 Å². The molecule has 0 radical (unpaired) electrons. The molecule has 0 spiro atoms. The fourth-order valence-corrected chi connectivity index (χ4v) is 2.38. The summed E-state index contributed by atoms with van der Waals surface area (Å²) in [6.07, 6.45) is 5.41. The van der Waals surface area contributed by atoms with Crippen molar-refractivity contribution < 1.29 is 9.84 Å². The van der Waals surface area contributed by atoms with Crippen LogP contribution in [0.25, 0.3) is 0 Å². The van der Waals surface area contributed by atoms with Gasteiger partial charge in [0.05, 0.1) is 18.3 Å². The lowest BCUT2D eigenvalue weighted by Gasteiger charge is -2.31. The zero-order chi connectivity index (χ0) is 7.84. The number of fused-ring (bicyclic) bond motifs is 2. The molecule has 4 unspecified atom stereocenters. The highest BCUT2D eigenvalue weighted by Crippen LogP contribution is 2.37. The molecule has 0 aromatic heterocycles. The van der Waals surface area contributed by atoms with E-state index in [1.54, 1.807) is 0 Å². The minimum Gasteiger partial charge on any atom is -0.393 e. The van der Waals surface area contributed by atoms with E-state index in [9.17, 15) is 5.11 Å². The lowest BCUT2D eigenvalue weighted by Crippen LogP contribution is -2.34. The number of aliphatic hydroxyl groups excluding tert-OH is 1. The van der Waals surface area contributed by atoms with Crippen molar-refractivity contribution in [2.45, 2.75) is 50.9 Å². The fraction of sp³-hybridized carbons (Fsp3) is 1.00. The fourth-order valence-electron chi connectivity index (χ4n) is 2.38. The summed E-state index contributed by atoms with van der Waals surface area (Å²) in [6.45, 7) is 1.88. The van der Waals surface area contributed by atoms with Gasteiger partial charge in [-0.1, -0.05) is 0 Å². The molecule has 0 aliphatic carbocycles. The molecule has 2 heteroatoms. The maximum absolute atomic E-state index is 9.42. The SMILES string of the molecule is CC(O)C1CCC2CCC1O2. The van der Waals surface area contributed by atoms with Crippen molar-refractivity contribution in [3.8, 4) is 0 Å². The first kappa shape index (κ1) is 7.56. The predicted molar refractivity (Wildman–Crippen MR) is 42.3 cm³/mol. The Balaban J connectivity index is 2.01. The van der Waals surface area contributed by atoms with E-state index in [1.165, 1.54) is 12.8 Å². The van der Waals surface area contributed by atoms with Gasteiger partial charge in [0.1, 0.15) is 0 Å². The third-order valence-electron chi connectivity index (χ3n) is 3.06. The molecule has 2 aliphatic rings. The van der Waals surface area contributed by atoms with E-state index in [-0.39, 0.29) is 6.10 Å². The molecule has 64 valence electrons. The van der Waals surface area contributed by atoms with Gasteiger partial charge in [0.25, 0.3) is 0 Å². The lowest BCUT2D eigenvalue weighted by atomic mass is 9.91. The summed E-state index contributed by atoms with van der Waals surface area (Å²) in [5.41, 5.74) is 0. The second-order valence-electron chi connectivity index (χ2n) is 3.86. The van der Waals surface area contributed by atoms with Crippen LogP contribution in [0.15, 0.2) is 0 Å². The number of aliphatic hydroxyl groups is 1. The summed E-state index contributed by atoms with van der Waals surface area (Å²) in [5, 5.41) is 9.42. The molecule has 2 aliphatic heterocycles. The first-order valence-corrected chi connectivity index (χ1v) is 4.61. The molecular weight excluding hydrogens is 140 g/mol. The van der Waals surface area contributed by atoms with E-state index in [0.717, 1.165) is 12.8 Å². The molecule has 11 heavy (non-hydrogen) atoms. The van der Waals surface area contributed by atoms with Gasteiger partial charge in [-0.15, -0.1) is 0 Å². The third-order valence-corrected chi connectivity index (χ3v) is 3.06. The Bertz CT molecular complexity index is 144. The quantitative estimate of drug-likeness (QED) is 0.620. The molecule has 2 bridgehead atoms. The zero-order valence-electron chi connectivity index (χ0n) is 6.99. The van der Waals surface area contributed by atoms with Gasteiger partial charge in [0.15, 0.2) is 0 Å². The van der Waals surface area contributed by atoms with Crippen molar-refractivity contribution in [2.75, 3.05) is 0 Å². The van der Waals surface area contributed by atoms with E-state index in [0.29, 0.717) is 18.1 Å². The van der Waals surface area contributed by atoms with E-state index in [1.807, 2.05) is 6.92 Å². The molecule has 0 aromatic rings. The normalized spacial score (nSPS) is 45.8. The number of rotatable bonds is 1. The maximum atomic E-state index is 9.42. The largest absolute Gasteiger partial charge is 0.393 e. The summed E-state index contributed by atoms with van der Waals surface area (Å²) in [5.74, 6) is 0.411. The smallest absolute Gasteiger partial charge is 0.0632 e. The van der Waals surface area contributed by atoms with Crippen molar-refractivity contribution in [3.05, 3.63) is 0 Å². The molecule has 0 aromatic carbocycles. The van der Waals surface area contributed by atoms with Gasteiger partial charge in [-0.05, 0) is 32.6 Å². The zero-order valence-corrected chi connectivity index (χ0v) is 6.99. The Morgan fingerprint density at radius 2 is 2.00 bits per heavy atom. The molecule has 2 heterocycles. The Hall–Kier alpha value is -0.0800. The summed E-state index contributed by atoms with van der Waals surface area (Å²) >= 11 is 0. The summed E-state index contributed by atoms with van der Waals surface area (Å²) in [6, 6.07) is 0. The molecule has 4 atom stereocenters. The van der Waals surface area contributed by atoms with Crippen molar-refractivity contribution in [1.82, 2.24) is 0 Å². The van der Waals surface area contributed by atoms with Gasteiger partial charge in [-0.3, -0.25) is 0 Å². The molecule has 2 nitrogen and oxygen atoms in total. The number of hydrogen-bond acceptors (Lipinski definition) is 2. The van der Waals surface area contributed by atoms with Gasteiger partial charge in [0.2, 0.25) is 0 Å². The van der Waals surface area contributed by atoms with Crippen LogP contribution in [0.3, 0.4) is 0 Å². The molecule has 0 amide bonds. The molecular formula is C9H16O2. The van der Waals surface area contributed by atoms with Crippen LogP contribution < -0.4 is 0 Å². The Morgan fingerprint density at radius 3 is 2.73 bits per heavy atom. The number of ether oxygens (including phenoxy) is 1. The van der Waals surface area contributed by atoms with Crippen LogP contribution in [0.2, 0.25) is 0 Å². The minimum absolute atomic E-state index is 0.181. The third kappa shape index (κ3) is 1.30. The predicted octanol–water partition coefficient (Wildman–Crippen LogP) is 1.32. The second kappa shape index (κ2) is 2.76. The van der Waals surface area contributed by atoms with Gasteiger partial charge in [-0.25, -0.2) is 0 Å². The standard InChI is InChI=1S/C9H16O2/c1-6(10)8-4-2-7-3-5-9(8)11-7/h6-10H,2-5H2,1H3. The molecule has 2 saturated heterocycles. The highest BCUT2D eigenvalue weighted by molar-refractivity contribution is 4.87. The van der Waals surface area contributed by atoms with Crippen LogP contribution in [0.1, 0.15) is 32.6 Å². The van der Waals surface area contributed by atoms with E-state index in [4.69, 9.17) is 4.74 Å².